The molecule has 0 aliphatic carbocycles. The SMILES string of the molecule is C[C@@H](N)c1ccc(OCc2ccsc2)cc1F. The zero-order chi connectivity index (χ0) is 12.3. The van der Waals surface area contributed by atoms with E-state index >= 15 is 0 Å². The molecular weight excluding hydrogens is 237 g/mol. The summed E-state index contributed by atoms with van der Waals surface area (Å²) in [6.07, 6.45) is 0. The molecule has 1 aromatic heterocycles. The Hall–Kier alpha value is -1.39. The van der Waals surface area contributed by atoms with Crippen LogP contribution < -0.4 is 10.5 Å². The van der Waals surface area contributed by atoms with Gasteiger partial charge in [-0.2, -0.15) is 11.3 Å². The van der Waals surface area contributed by atoms with E-state index in [4.69, 9.17) is 10.5 Å². The van der Waals surface area contributed by atoms with Gasteiger partial charge in [0, 0.05) is 17.7 Å². The summed E-state index contributed by atoms with van der Waals surface area (Å²) < 4.78 is 19.1. The summed E-state index contributed by atoms with van der Waals surface area (Å²) in [6.45, 7) is 2.21. The molecule has 1 aromatic carbocycles. The highest BCUT2D eigenvalue weighted by Crippen LogP contribution is 2.21. The number of thiophene rings is 1. The quantitative estimate of drug-likeness (QED) is 0.902. The van der Waals surface area contributed by atoms with Crippen LogP contribution in [0.15, 0.2) is 35.0 Å². The van der Waals surface area contributed by atoms with Crippen molar-refractivity contribution in [2.45, 2.75) is 19.6 Å². The molecule has 2 rings (SSSR count). The Kier molecular flexibility index (Phi) is 3.76. The van der Waals surface area contributed by atoms with Gasteiger partial charge in [-0.25, -0.2) is 4.39 Å². The topological polar surface area (TPSA) is 35.2 Å². The maximum absolute atomic E-state index is 13.6. The van der Waals surface area contributed by atoms with Crippen LogP contribution in [0.25, 0.3) is 0 Å². The standard InChI is InChI=1S/C13H14FNOS/c1-9(15)12-3-2-11(6-13(12)14)16-7-10-4-5-17-8-10/h2-6,8-9H,7,15H2,1H3/t9-/m1/s1. The predicted octanol–water partition coefficient (Wildman–Crippen LogP) is 3.49. The summed E-state index contributed by atoms with van der Waals surface area (Å²) in [5.41, 5.74) is 7.23. The number of halogens is 1. The average molecular weight is 251 g/mol. The Bertz CT molecular complexity index is 482. The van der Waals surface area contributed by atoms with Crippen LogP contribution in [0.5, 0.6) is 5.75 Å². The van der Waals surface area contributed by atoms with Crippen LogP contribution in [0, 0.1) is 5.82 Å². The van der Waals surface area contributed by atoms with Crippen molar-refractivity contribution in [3.05, 3.63) is 52.0 Å². The molecule has 1 heterocycles. The van der Waals surface area contributed by atoms with Crippen LogP contribution in [0.2, 0.25) is 0 Å². The molecule has 0 aliphatic rings. The number of rotatable bonds is 4. The van der Waals surface area contributed by atoms with Crippen molar-refractivity contribution in [3.63, 3.8) is 0 Å². The van der Waals surface area contributed by atoms with Crippen LogP contribution in [0.4, 0.5) is 4.39 Å². The summed E-state index contributed by atoms with van der Waals surface area (Å²) in [4.78, 5) is 0. The fourth-order valence-electron chi connectivity index (χ4n) is 1.51. The number of ether oxygens (including phenoxy) is 1. The lowest BCUT2D eigenvalue weighted by Gasteiger charge is -2.10. The van der Waals surface area contributed by atoms with Gasteiger partial charge in [-0.05, 0) is 35.4 Å². The number of hydrogen-bond acceptors (Lipinski definition) is 3. The highest BCUT2D eigenvalue weighted by atomic mass is 32.1. The van der Waals surface area contributed by atoms with E-state index in [9.17, 15) is 4.39 Å². The Morgan fingerprint density at radius 1 is 1.41 bits per heavy atom. The highest BCUT2D eigenvalue weighted by molar-refractivity contribution is 7.07. The van der Waals surface area contributed by atoms with Crippen LogP contribution in [0.3, 0.4) is 0 Å². The second-order valence-corrected chi connectivity index (χ2v) is 4.67. The van der Waals surface area contributed by atoms with Gasteiger partial charge in [-0.15, -0.1) is 0 Å². The van der Waals surface area contributed by atoms with Gasteiger partial charge in [0.25, 0.3) is 0 Å². The lowest BCUT2D eigenvalue weighted by molar-refractivity contribution is 0.305. The van der Waals surface area contributed by atoms with Gasteiger partial charge in [-0.3, -0.25) is 0 Å². The monoisotopic (exact) mass is 251 g/mol. The minimum absolute atomic E-state index is 0.305. The average Bonchev–Trinajstić information content (AvgIpc) is 2.78. The molecule has 0 fully saturated rings. The van der Waals surface area contributed by atoms with E-state index in [1.807, 2.05) is 16.8 Å². The van der Waals surface area contributed by atoms with E-state index < -0.39 is 0 Å². The molecule has 2 N–H and O–H groups in total. The molecule has 2 aromatic rings. The Morgan fingerprint density at radius 3 is 2.82 bits per heavy atom. The largest absolute Gasteiger partial charge is 0.489 e. The van der Waals surface area contributed by atoms with Gasteiger partial charge in [0.1, 0.15) is 18.2 Å². The fraction of sp³-hybridized carbons (Fsp3) is 0.231. The molecule has 0 radical (unpaired) electrons. The van der Waals surface area contributed by atoms with Gasteiger partial charge in [-0.1, -0.05) is 6.07 Å². The van der Waals surface area contributed by atoms with E-state index in [2.05, 4.69) is 0 Å². The number of hydrogen-bond donors (Lipinski definition) is 1. The molecule has 0 spiro atoms. The smallest absolute Gasteiger partial charge is 0.131 e. The first-order chi connectivity index (χ1) is 8.16. The molecule has 0 bridgehead atoms. The first-order valence-electron chi connectivity index (χ1n) is 5.35. The normalized spacial score (nSPS) is 12.4. The van der Waals surface area contributed by atoms with E-state index in [1.165, 1.54) is 6.07 Å². The van der Waals surface area contributed by atoms with Crippen molar-refractivity contribution in [3.8, 4) is 5.75 Å². The van der Waals surface area contributed by atoms with Crippen LogP contribution >= 0.6 is 11.3 Å². The third-order valence-electron chi connectivity index (χ3n) is 2.45. The van der Waals surface area contributed by atoms with Gasteiger partial charge in [0.05, 0.1) is 0 Å². The third kappa shape index (κ3) is 3.05. The molecule has 0 aliphatic heterocycles. The molecule has 90 valence electrons. The van der Waals surface area contributed by atoms with Crippen LogP contribution in [0.1, 0.15) is 24.1 Å². The Balaban J connectivity index is 2.05. The van der Waals surface area contributed by atoms with Gasteiger partial charge >= 0.3 is 0 Å². The van der Waals surface area contributed by atoms with Crippen molar-refractivity contribution in [1.82, 2.24) is 0 Å². The molecule has 0 saturated heterocycles. The lowest BCUT2D eigenvalue weighted by atomic mass is 10.1. The van der Waals surface area contributed by atoms with Gasteiger partial charge in [0.15, 0.2) is 0 Å². The number of benzene rings is 1. The highest BCUT2D eigenvalue weighted by Gasteiger charge is 2.08. The minimum atomic E-state index is -0.317. The van der Waals surface area contributed by atoms with Crippen LogP contribution in [-0.4, -0.2) is 0 Å². The summed E-state index contributed by atoms with van der Waals surface area (Å²) in [7, 11) is 0. The van der Waals surface area contributed by atoms with E-state index in [-0.39, 0.29) is 11.9 Å². The maximum Gasteiger partial charge on any atom is 0.131 e. The van der Waals surface area contributed by atoms with Crippen molar-refractivity contribution in [2.75, 3.05) is 0 Å². The Labute approximate surface area is 104 Å². The summed E-state index contributed by atoms with van der Waals surface area (Å²) in [5, 5.41) is 3.99. The second-order valence-electron chi connectivity index (χ2n) is 3.89. The first kappa shape index (κ1) is 12.1. The van der Waals surface area contributed by atoms with Gasteiger partial charge in [0.2, 0.25) is 0 Å². The molecular formula is C13H14FNOS. The summed E-state index contributed by atoms with van der Waals surface area (Å²) >= 11 is 1.61. The molecule has 17 heavy (non-hydrogen) atoms. The molecule has 1 atom stereocenters. The first-order valence-corrected chi connectivity index (χ1v) is 6.30. The van der Waals surface area contributed by atoms with E-state index in [1.54, 1.807) is 30.4 Å². The zero-order valence-corrected chi connectivity index (χ0v) is 10.3. The molecule has 0 amide bonds. The van der Waals surface area contributed by atoms with Crippen molar-refractivity contribution >= 4 is 11.3 Å². The molecule has 0 unspecified atom stereocenters. The Morgan fingerprint density at radius 2 is 2.24 bits per heavy atom. The molecule has 0 saturated carbocycles. The second kappa shape index (κ2) is 5.29. The zero-order valence-electron chi connectivity index (χ0n) is 9.52. The lowest BCUT2D eigenvalue weighted by Crippen LogP contribution is -2.07. The maximum atomic E-state index is 13.6. The minimum Gasteiger partial charge on any atom is -0.489 e. The summed E-state index contributed by atoms with van der Waals surface area (Å²) in [6, 6.07) is 6.47. The van der Waals surface area contributed by atoms with E-state index in [0.717, 1.165) is 5.56 Å². The van der Waals surface area contributed by atoms with Crippen molar-refractivity contribution < 1.29 is 9.13 Å². The fourth-order valence-corrected chi connectivity index (χ4v) is 2.16. The van der Waals surface area contributed by atoms with Crippen molar-refractivity contribution in [2.24, 2.45) is 5.73 Å². The van der Waals surface area contributed by atoms with Crippen molar-refractivity contribution in [1.29, 1.82) is 0 Å². The summed E-state index contributed by atoms with van der Waals surface area (Å²) in [5.74, 6) is 0.209. The third-order valence-corrected chi connectivity index (χ3v) is 3.18. The predicted molar refractivity (Wildman–Crippen MR) is 67.7 cm³/mol. The number of nitrogens with two attached hydrogens (primary N) is 1. The van der Waals surface area contributed by atoms with Crippen LogP contribution in [-0.2, 0) is 6.61 Å². The molecule has 2 nitrogen and oxygen atoms in total. The van der Waals surface area contributed by atoms with E-state index in [0.29, 0.717) is 17.9 Å². The molecule has 4 heteroatoms. The van der Waals surface area contributed by atoms with Gasteiger partial charge < -0.3 is 10.5 Å².